The maximum atomic E-state index is 12.2. The van der Waals surface area contributed by atoms with Gasteiger partial charge in [0.25, 0.3) is 0 Å². The van der Waals surface area contributed by atoms with Crippen LogP contribution in [0.15, 0.2) is 16.3 Å². The van der Waals surface area contributed by atoms with Crippen LogP contribution in [0.4, 0.5) is 0 Å². The summed E-state index contributed by atoms with van der Waals surface area (Å²) in [5.74, 6) is 0. The zero-order chi connectivity index (χ0) is 14.6. The van der Waals surface area contributed by atoms with Crippen LogP contribution < -0.4 is 10.0 Å². The summed E-state index contributed by atoms with van der Waals surface area (Å²) in [6.45, 7) is 6.60. The van der Waals surface area contributed by atoms with Crippen molar-refractivity contribution in [1.82, 2.24) is 10.0 Å². The zero-order valence-electron chi connectivity index (χ0n) is 12.2. The van der Waals surface area contributed by atoms with E-state index in [2.05, 4.69) is 23.9 Å². The summed E-state index contributed by atoms with van der Waals surface area (Å²) >= 11 is 1.38. The van der Waals surface area contributed by atoms with Crippen LogP contribution in [-0.4, -0.2) is 28.1 Å². The molecule has 0 bridgehead atoms. The van der Waals surface area contributed by atoms with E-state index in [0.29, 0.717) is 10.8 Å². The summed E-state index contributed by atoms with van der Waals surface area (Å²) in [5.41, 5.74) is 0.165. The third kappa shape index (κ3) is 4.04. The molecule has 6 heteroatoms. The van der Waals surface area contributed by atoms with Gasteiger partial charge in [0.05, 0.1) is 0 Å². The Bertz CT molecular complexity index is 533. The molecule has 0 unspecified atom stereocenters. The fraction of sp³-hybridized carbons (Fsp3) is 0.714. The van der Waals surface area contributed by atoms with E-state index in [1.165, 1.54) is 17.8 Å². The smallest absolute Gasteiger partial charge is 0.250 e. The van der Waals surface area contributed by atoms with Gasteiger partial charge in [0.2, 0.25) is 10.0 Å². The standard InChI is InChI=1S/C14H24N2O2S2/c1-3-15-10-7-12-5-6-13(19-12)20(17,18)16-11-14(2)8-4-9-14/h5-6,15-16H,3-4,7-11H2,1-2H3. The van der Waals surface area contributed by atoms with E-state index >= 15 is 0 Å². The van der Waals surface area contributed by atoms with Crippen LogP contribution in [0.25, 0.3) is 0 Å². The van der Waals surface area contributed by atoms with E-state index in [0.717, 1.165) is 37.2 Å². The van der Waals surface area contributed by atoms with Crippen molar-refractivity contribution in [3.05, 3.63) is 17.0 Å². The Hall–Kier alpha value is -0.430. The molecule has 1 saturated carbocycles. The van der Waals surface area contributed by atoms with Crippen LogP contribution in [0.1, 0.15) is 38.0 Å². The highest BCUT2D eigenvalue weighted by Crippen LogP contribution is 2.39. The zero-order valence-corrected chi connectivity index (χ0v) is 13.9. The van der Waals surface area contributed by atoms with Gasteiger partial charge in [-0.15, -0.1) is 11.3 Å². The van der Waals surface area contributed by atoms with E-state index < -0.39 is 10.0 Å². The molecule has 0 spiro atoms. The van der Waals surface area contributed by atoms with Gasteiger partial charge in [-0.1, -0.05) is 20.3 Å². The number of hydrogen-bond acceptors (Lipinski definition) is 4. The van der Waals surface area contributed by atoms with Gasteiger partial charge in [0.15, 0.2) is 0 Å². The van der Waals surface area contributed by atoms with Crippen molar-refractivity contribution in [2.24, 2.45) is 5.41 Å². The summed E-state index contributed by atoms with van der Waals surface area (Å²) in [5, 5.41) is 3.25. The summed E-state index contributed by atoms with van der Waals surface area (Å²) in [7, 11) is -3.33. The van der Waals surface area contributed by atoms with Crippen LogP contribution in [-0.2, 0) is 16.4 Å². The fourth-order valence-corrected chi connectivity index (χ4v) is 4.92. The largest absolute Gasteiger partial charge is 0.317 e. The summed E-state index contributed by atoms with van der Waals surface area (Å²) in [6.07, 6.45) is 4.33. The number of hydrogen-bond donors (Lipinski definition) is 2. The van der Waals surface area contributed by atoms with Crippen LogP contribution in [0.3, 0.4) is 0 Å². The molecule has 0 saturated heterocycles. The second-order valence-electron chi connectivity index (χ2n) is 5.81. The van der Waals surface area contributed by atoms with Gasteiger partial charge in [-0.3, -0.25) is 0 Å². The van der Waals surface area contributed by atoms with E-state index in [1.807, 2.05) is 6.07 Å². The van der Waals surface area contributed by atoms with Gasteiger partial charge in [-0.25, -0.2) is 13.1 Å². The lowest BCUT2D eigenvalue weighted by Gasteiger charge is -2.38. The predicted molar refractivity (Wildman–Crippen MR) is 83.7 cm³/mol. The molecule has 1 aromatic rings. The van der Waals surface area contributed by atoms with Crippen LogP contribution in [0.5, 0.6) is 0 Å². The highest BCUT2D eigenvalue weighted by molar-refractivity contribution is 7.91. The van der Waals surface area contributed by atoms with Gasteiger partial charge < -0.3 is 5.32 Å². The maximum absolute atomic E-state index is 12.2. The van der Waals surface area contributed by atoms with Crippen molar-refractivity contribution in [1.29, 1.82) is 0 Å². The molecule has 0 radical (unpaired) electrons. The maximum Gasteiger partial charge on any atom is 0.250 e. The van der Waals surface area contributed by atoms with Crippen LogP contribution in [0.2, 0.25) is 0 Å². The first-order valence-electron chi connectivity index (χ1n) is 7.24. The number of likely N-dealkylation sites (N-methyl/N-ethyl adjacent to an activating group) is 1. The van der Waals surface area contributed by atoms with Gasteiger partial charge in [0, 0.05) is 11.4 Å². The Balaban J connectivity index is 1.91. The molecular weight excluding hydrogens is 292 g/mol. The number of sulfonamides is 1. The Kier molecular flexibility index (Phi) is 5.23. The number of rotatable bonds is 8. The molecule has 1 heterocycles. The Morgan fingerprint density at radius 2 is 2.10 bits per heavy atom. The Labute approximate surface area is 126 Å². The average molecular weight is 316 g/mol. The van der Waals surface area contributed by atoms with Gasteiger partial charge in [-0.05, 0) is 49.9 Å². The first kappa shape index (κ1) is 15.9. The summed E-state index contributed by atoms with van der Waals surface area (Å²) in [4.78, 5) is 1.11. The Morgan fingerprint density at radius 1 is 1.35 bits per heavy atom. The van der Waals surface area contributed by atoms with Crippen LogP contribution in [0, 0.1) is 5.41 Å². The van der Waals surface area contributed by atoms with E-state index in [1.54, 1.807) is 6.07 Å². The van der Waals surface area contributed by atoms with Crippen molar-refractivity contribution in [3.63, 3.8) is 0 Å². The molecule has 0 amide bonds. The molecule has 1 aliphatic carbocycles. The SMILES string of the molecule is CCNCCc1ccc(S(=O)(=O)NCC2(C)CCC2)s1. The monoisotopic (exact) mass is 316 g/mol. The fourth-order valence-electron chi connectivity index (χ4n) is 2.32. The molecule has 2 rings (SSSR count). The lowest BCUT2D eigenvalue weighted by Crippen LogP contribution is -2.39. The normalized spacial score (nSPS) is 17.9. The minimum Gasteiger partial charge on any atom is -0.317 e. The minimum atomic E-state index is -3.33. The molecule has 1 aromatic heterocycles. The van der Waals surface area contributed by atoms with E-state index in [-0.39, 0.29) is 5.41 Å². The highest BCUT2D eigenvalue weighted by Gasteiger charge is 2.33. The topological polar surface area (TPSA) is 58.2 Å². The number of nitrogens with one attached hydrogen (secondary N) is 2. The second-order valence-corrected chi connectivity index (χ2v) is 8.98. The first-order valence-corrected chi connectivity index (χ1v) is 9.54. The first-order chi connectivity index (χ1) is 9.45. The molecule has 0 aromatic carbocycles. The van der Waals surface area contributed by atoms with Crippen molar-refractivity contribution >= 4 is 21.4 Å². The van der Waals surface area contributed by atoms with Gasteiger partial charge >= 0.3 is 0 Å². The van der Waals surface area contributed by atoms with Crippen molar-refractivity contribution in [3.8, 4) is 0 Å². The van der Waals surface area contributed by atoms with E-state index in [9.17, 15) is 8.42 Å². The lowest BCUT2D eigenvalue weighted by molar-refractivity contribution is 0.166. The summed E-state index contributed by atoms with van der Waals surface area (Å²) in [6, 6.07) is 3.64. The minimum absolute atomic E-state index is 0.165. The van der Waals surface area contributed by atoms with Crippen molar-refractivity contribution in [2.75, 3.05) is 19.6 Å². The molecule has 1 aliphatic rings. The lowest BCUT2D eigenvalue weighted by atomic mass is 9.71. The molecule has 0 atom stereocenters. The molecule has 2 N–H and O–H groups in total. The predicted octanol–water partition coefficient (Wildman–Crippen LogP) is 2.37. The quantitative estimate of drug-likeness (QED) is 0.724. The average Bonchev–Trinajstić information content (AvgIpc) is 2.84. The number of thiophene rings is 1. The van der Waals surface area contributed by atoms with Gasteiger partial charge in [0.1, 0.15) is 4.21 Å². The van der Waals surface area contributed by atoms with Crippen molar-refractivity contribution in [2.45, 2.75) is 43.7 Å². The molecule has 114 valence electrons. The third-order valence-electron chi connectivity index (χ3n) is 3.95. The van der Waals surface area contributed by atoms with Crippen LogP contribution >= 0.6 is 11.3 Å². The third-order valence-corrected chi connectivity index (χ3v) is 6.99. The van der Waals surface area contributed by atoms with Gasteiger partial charge in [-0.2, -0.15) is 0 Å². The highest BCUT2D eigenvalue weighted by atomic mass is 32.2. The molecule has 0 aliphatic heterocycles. The Morgan fingerprint density at radius 3 is 2.70 bits per heavy atom. The second kappa shape index (κ2) is 6.56. The molecule has 4 nitrogen and oxygen atoms in total. The summed E-state index contributed by atoms with van der Waals surface area (Å²) < 4.78 is 27.7. The molecule has 1 fully saturated rings. The molecular formula is C14H24N2O2S2. The van der Waals surface area contributed by atoms with Crippen molar-refractivity contribution < 1.29 is 8.42 Å². The molecule has 20 heavy (non-hydrogen) atoms. The van der Waals surface area contributed by atoms with E-state index in [4.69, 9.17) is 0 Å².